The SMILES string of the molecule is CCCC(CCC)C(=O)NCCn1ccc(C(F)(F)F)n1. The Balaban J connectivity index is 2.42. The number of alkyl halides is 3. The Morgan fingerprint density at radius 3 is 2.43 bits per heavy atom. The summed E-state index contributed by atoms with van der Waals surface area (Å²) >= 11 is 0. The number of rotatable bonds is 8. The predicted molar refractivity (Wildman–Crippen MR) is 73.5 cm³/mol. The van der Waals surface area contributed by atoms with Crippen molar-refractivity contribution in [2.75, 3.05) is 6.54 Å². The van der Waals surface area contributed by atoms with Crippen LogP contribution in [0.5, 0.6) is 0 Å². The fraction of sp³-hybridized carbons (Fsp3) is 0.714. The molecule has 0 radical (unpaired) electrons. The van der Waals surface area contributed by atoms with E-state index >= 15 is 0 Å². The molecule has 120 valence electrons. The maximum Gasteiger partial charge on any atom is 0.435 e. The Morgan fingerprint density at radius 1 is 1.33 bits per heavy atom. The predicted octanol–water partition coefficient (Wildman–Crippen LogP) is 3.23. The van der Waals surface area contributed by atoms with Gasteiger partial charge in [0.15, 0.2) is 5.69 Å². The minimum Gasteiger partial charge on any atom is -0.354 e. The Hall–Kier alpha value is -1.53. The zero-order valence-electron chi connectivity index (χ0n) is 12.4. The van der Waals surface area contributed by atoms with Gasteiger partial charge in [0.2, 0.25) is 5.91 Å². The van der Waals surface area contributed by atoms with Crippen LogP contribution in [0.25, 0.3) is 0 Å². The number of carbonyl (C=O) groups excluding carboxylic acids is 1. The lowest BCUT2D eigenvalue weighted by Crippen LogP contribution is -2.33. The topological polar surface area (TPSA) is 46.9 Å². The fourth-order valence-electron chi connectivity index (χ4n) is 2.18. The first-order chi connectivity index (χ1) is 9.88. The molecule has 1 aromatic rings. The quantitative estimate of drug-likeness (QED) is 0.801. The highest BCUT2D eigenvalue weighted by atomic mass is 19.4. The summed E-state index contributed by atoms with van der Waals surface area (Å²) in [6, 6.07) is 0.929. The molecule has 0 fully saturated rings. The molecule has 0 aliphatic rings. The third-order valence-corrected chi connectivity index (χ3v) is 3.22. The summed E-state index contributed by atoms with van der Waals surface area (Å²) < 4.78 is 38.3. The van der Waals surface area contributed by atoms with E-state index in [4.69, 9.17) is 0 Å². The van der Waals surface area contributed by atoms with E-state index in [1.807, 2.05) is 13.8 Å². The molecule has 1 aromatic heterocycles. The minimum absolute atomic E-state index is 0.0108. The number of carbonyl (C=O) groups is 1. The van der Waals surface area contributed by atoms with Crippen molar-refractivity contribution >= 4 is 5.91 Å². The van der Waals surface area contributed by atoms with E-state index in [9.17, 15) is 18.0 Å². The summed E-state index contributed by atoms with van der Waals surface area (Å²) in [6.07, 6.45) is 0.379. The Labute approximate surface area is 122 Å². The lowest BCUT2D eigenvalue weighted by atomic mass is 9.97. The van der Waals surface area contributed by atoms with Gasteiger partial charge in [-0.2, -0.15) is 18.3 Å². The molecule has 1 amide bonds. The van der Waals surface area contributed by atoms with Gasteiger partial charge in [-0.3, -0.25) is 9.48 Å². The lowest BCUT2D eigenvalue weighted by molar-refractivity contribution is -0.141. The number of aromatic nitrogens is 2. The van der Waals surface area contributed by atoms with Gasteiger partial charge < -0.3 is 5.32 Å². The van der Waals surface area contributed by atoms with Crippen molar-refractivity contribution in [1.82, 2.24) is 15.1 Å². The number of amides is 1. The molecule has 0 aromatic carbocycles. The number of hydrogen-bond acceptors (Lipinski definition) is 2. The fourth-order valence-corrected chi connectivity index (χ4v) is 2.18. The first-order valence-corrected chi connectivity index (χ1v) is 7.26. The molecule has 0 spiro atoms. The first kappa shape index (κ1) is 17.5. The van der Waals surface area contributed by atoms with E-state index in [0.717, 1.165) is 31.7 Å². The van der Waals surface area contributed by atoms with Crippen molar-refractivity contribution in [2.24, 2.45) is 5.92 Å². The second-order valence-corrected chi connectivity index (χ2v) is 5.03. The van der Waals surface area contributed by atoms with Crippen LogP contribution in [0.4, 0.5) is 13.2 Å². The molecule has 0 aliphatic heterocycles. The van der Waals surface area contributed by atoms with Crippen LogP contribution in [-0.2, 0) is 17.5 Å². The third-order valence-electron chi connectivity index (χ3n) is 3.22. The lowest BCUT2D eigenvalue weighted by Gasteiger charge is -2.15. The van der Waals surface area contributed by atoms with Gasteiger partial charge in [0.25, 0.3) is 0 Å². The Bertz CT molecular complexity index is 437. The maximum atomic E-state index is 12.4. The molecule has 0 aliphatic carbocycles. The summed E-state index contributed by atoms with van der Waals surface area (Å²) in [6.45, 7) is 4.56. The van der Waals surface area contributed by atoms with Crippen LogP contribution in [0.2, 0.25) is 0 Å². The smallest absolute Gasteiger partial charge is 0.354 e. The van der Waals surface area contributed by atoms with Crippen LogP contribution < -0.4 is 5.32 Å². The van der Waals surface area contributed by atoms with Crippen LogP contribution in [0.1, 0.15) is 45.2 Å². The molecule has 0 atom stereocenters. The van der Waals surface area contributed by atoms with Crippen molar-refractivity contribution < 1.29 is 18.0 Å². The second-order valence-electron chi connectivity index (χ2n) is 5.03. The largest absolute Gasteiger partial charge is 0.435 e. The van der Waals surface area contributed by atoms with Gasteiger partial charge >= 0.3 is 6.18 Å². The van der Waals surface area contributed by atoms with E-state index in [1.54, 1.807) is 0 Å². The molecular formula is C14H22F3N3O. The van der Waals surface area contributed by atoms with Gasteiger partial charge in [0.1, 0.15) is 0 Å². The average molecular weight is 305 g/mol. The van der Waals surface area contributed by atoms with E-state index in [-0.39, 0.29) is 24.9 Å². The van der Waals surface area contributed by atoms with Crippen molar-refractivity contribution in [1.29, 1.82) is 0 Å². The molecule has 4 nitrogen and oxygen atoms in total. The van der Waals surface area contributed by atoms with Gasteiger partial charge in [-0.05, 0) is 18.9 Å². The zero-order valence-corrected chi connectivity index (χ0v) is 12.4. The molecular weight excluding hydrogens is 283 g/mol. The number of hydrogen-bond donors (Lipinski definition) is 1. The van der Waals surface area contributed by atoms with Crippen LogP contribution in [0, 0.1) is 5.92 Å². The van der Waals surface area contributed by atoms with E-state index in [2.05, 4.69) is 10.4 Å². The van der Waals surface area contributed by atoms with Crippen LogP contribution in [0.3, 0.4) is 0 Å². The van der Waals surface area contributed by atoms with Crippen molar-refractivity contribution in [3.63, 3.8) is 0 Å². The van der Waals surface area contributed by atoms with Gasteiger partial charge in [0, 0.05) is 18.7 Å². The van der Waals surface area contributed by atoms with Crippen LogP contribution in [0.15, 0.2) is 12.3 Å². The summed E-state index contributed by atoms with van der Waals surface area (Å²) in [7, 11) is 0. The first-order valence-electron chi connectivity index (χ1n) is 7.26. The van der Waals surface area contributed by atoms with Gasteiger partial charge in [0.05, 0.1) is 6.54 Å². The summed E-state index contributed by atoms with van der Waals surface area (Å²) in [4.78, 5) is 12.0. The van der Waals surface area contributed by atoms with E-state index in [0.29, 0.717) is 0 Å². The number of nitrogens with one attached hydrogen (secondary N) is 1. The van der Waals surface area contributed by atoms with E-state index < -0.39 is 11.9 Å². The molecule has 1 rings (SSSR count). The summed E-state index contributed by atoms with van der Waals surface area (Å²) in [5, 5.41) is 6.20. The third kappa shape index (κ3) is 5.77. The second kappa shape index (κ2) is 8.05. The van der Waals surface area contributed by atoms with Crippen molar-refractivity contribution in [2.45, 2.75) is 52.3 Å². The molecule has 0 bridgehead atoms. The summed E-state index contributed by atoms with van der Waals surface area (Å²) in [5.74, 6) is -0.0368. The zero-order chi connectivity index (χ0) is 15.9. The number of nitrogens with zero attached hydrogens (tertiary/aromatic N) is 2. The minimum atomic E-state index is -4.43. The molecule has 21 heavy (non-hydrogen) atoms. The van der Waals surface area contributed by atoms with Gasteiger partial charge in [-0.1, -0.05) is 26.7 Å². The number of halogens is 3. The average Bonchev–Trinajstić information content (AvgIpc) is 2.87. The molecule has 0 saturated carbocycles. The van der Waals surface area contributed by atoms with Gasteiger partial charge in [-0.25, -0.2) is 0 Å². The normalized spacial score (nSPS) is 11.9. The Kier molecular flexibility index (Phi) is 6.71. The Morgan fingerprint density at radius 2 is 1.95 bits per heavy atom. The molecule has 1 heterocycles. The highest BCUT2D eigenvalue weighted by Gasteiger charge is 2.33. The molecule has 0 unspecified atom stereocenters. The van der Waals surface area contributed by atoms with Crippen LogP contribution >= 0.6 is 0 Å². The molecule has 0 saturated heterocycles. The standard InChI is InChI=1S/C14H22F3N3O/c1-3-5-11(6-4-2)13(21)18-8-10-20-9-7-12(19-20)14(15,16)17/h7,9,11H,3-6,8,10H2,1-2H3,(H,18,21). The summed E-state index contributed by atoms with van der Waals surface area (Å²) in [5.41, 5.74) is -0.913. The van der Waals surface area contributed by atoms with Crippen molar-refractivity contribution in [3.8, 4) is 0 Å². The molecule has 7 heteroatoms. The molecule has 1 N–H and O–H groups in total. The highest BCUT2D eigenvalue weighted by molar-refractivity contribution is 5.78. The monoisotopic (exact) mass is 305 g/mol. The van der Waals surface area contributed by atoms with Crippen LogP contribution in [-0.4, -0.2) is 22.2 Å². The maximum absolute atomic E-state index is 12.4. The highest BCUT2D eigenvalue weighted by Crippen LogP contribution is 2.27. The van der Waals surface area contributed by atoms with E-state index in [1.165, 1.54) is 10.9 Å². The van der Waals surface area contributed by atoms with Gasteiger partial charge in [-0.15, -0.1) is 0 Å². The van der Waals surface area contributed by atoms with Crippen molar-refractivity contribution in [3.05, 3.63) is 18.0 Å².